The van der Waals surface area contributed by atoms with Crippen molar-refractivity contribution in [1.29, 1.82) is 0 Å². The van der Waals surface area contributed by atoms with Gasteiger partial charge < -0.3 is 14.5 Å². The maximum Gasteiger partial charge on any atom is 0.122 e. The van der Waals surface area contributed by atoms with Gasteiger partial charge in [-0.25, -0.2) is 9.97 Å². The lowest BCUT2D eigenvalue weighted by atomic mass is 10.2. The van der Waals surface area contributed by atoms with Crippen molar-refractivity contribution in [1.82, 2.24) is 24.4 Å². The molecule has 0 fully saturated rings. The predicted octanol–water partition coefficient (Wildman–Crippen LogP) is 1.83. The third-order valence-electron chi connectivity index (χ3n) is 3.14. The Morgan fingerprint density at radius 3 is 2.47 bits per heavy atom. The molecule has 0 aliphatic carbocycles. The summed E-state index contributed by atoms with van der Waals surface area (Å²) in [5.74, 6) is 2.81. The van der Waals surface area contributed by atoms with Crippen molar-refractivity contribution in [2.24, 2.45) is 5.92 Å². The van der Waals surface area contributed by atoms with E-state index in [1.54, 1.807) is 0 Å². The van der Waals surface area contributed by atoms with E-state index in [9.17, 15) is 0 Å². The summed E-state index contributed by atoms with van der Waals surface area (Å²) in [4.78, 5) is 8.64. The van der Waals surface area contributed by atoms with Crippen LogP contribution in [0.2, 0.25) is 0 Å². The largest absolute Gasteiger partial charge is 0.333 e. The molecular formula is C14H23N5. The van der Waals surface area contributed by atoms with E-state index in [-0.39, 0.29) is 0 Å². The highest BCUT2D eigenvalue weighted by molar-refractivity contribution is 4.93. The molecule has 0 aliphatic rings. The number of hydrogen-bond donors (Lipinski definition) is 1. The Morgan fingerprint density at radius 1 is 1.11 bits per heavy atom. The first-order valence-corrected chi connectivity index (χ1v) is 6.85. The molecular weight excluding hydrogens is 238 g/mol. The maximum atomic E-state index is 4.41. The molecule has 0 bridgehead atoms. The van der Waals surface area contributed by atoms with Crippen LogP contribution in [-0.2, 0) is 19.6 Å². The number of aromatic nitrogens is 4. The smallest absolute Gasteiger partial charge is 0.122 e. The molecule has 2 aromatic rings. The van der Waals surface area contributed by atoms with Gasteiger partial charge in [-0.05, 0) is 19.4 Å². The van der Waals surface area contributed by atoms with E-state index in [0.717, 1.165) is 37.8 Å². The van der Waals surface area contributed by atoms with E-state index >= 15 is 0 Å². The molecule has 0 amide bonds. The number of rotatable bonds is 7. The second kappa shape index (κ2) is 6.52. The van der Waals surface area contributed by atoms with E-state index in [2.05, 4.69) is 38.3 Å². The van der Waals surface area contributed by atoms with Crippen LogP contribution in [0.5, 0.6) is 0 Å². The highest BCUT2D eigenvalue weighted by Crippen LogP contribution is 2.01. The summed E-state index contributed by atoms with van der Waals surface area (Å²) >= 11 is 0. The molecule has 0 aliphatic heterocycles. The van der Waals surface area contributed by atoms with Crippen LogP contribution in [0.1, 0.15) is 25.5 Å². The Labute approximate surface area is 114 Å². The van der Waals surface area contributed by atoms with Crippen molar-refractivity contribution in [2.45, 2.75) is 40.4 Å². The molecule has 0 saturated heterocycles. The van der Waals surface area contributed by atoms with Crippen LogP contribution in [0.4, 0.5) is 0 Å². The third kappa shape index (κ3) is 3.92. The van der Waals surface area contributed by atoms with Gasteiger partial charge in [-0.3, -0.25) is 0 Å². The van der Waals surface area contributed by atoms with E-state index in [1.807, 2.05) is 31.7 Å². The summed E-state index contributed by atoms with van der Waals surface area (Å²) in [6, 6.07) is 0. The summed E-state index contributed by atoms with van der Waals surface area (Å²) < 4.78 is 4.36. The molecule has 5 heteroatoms. The van der Waals surface area contributed by atoms with Crippen molar-refractivity contribution in [3.05, 3.63) is 36.4 Å². The molecule has 5 nitrogen and oxygen atoms in total. The van der Waals surface area contributed by atoms with Crippen LogP contribution in [0, 0.1) is 12.8 Å². The first kappa shape index (κ1) is 13.8. The summed E-state index contributed by atoms with van der Waals surface area (Å²) in [6.07, 6.45) is 7.77. The summed E-state index contributed by atoms with van der Waals surface area (Å²) in [5, 5.41) is 3.43. The Hall–Kier alpha value is -1.62. The molecule has 2 heterocycles. The average Bonchev–Trinajstić information content (AvgIpc) is 2.95. The number of hydrogen-bond acceptors (Lipinski definition) is 3. The maximum absolute atomic E-state index is 4.41. The van der Waals surface area contributed by atoms with Crippen molar-refractivity contribution in [3.63, 3.8) is 0 Å². The Balaban J connectivity index is 1.87. The lowest BCUT2D eigenvalue weighted by molar-refractivity contribution is 0.508. The Morgan fingerprint density at radius 2 is 1.79 bits per heavy atom. The van der Waals surface area contributed by atoms with Gasteiger partial charge >= 0.3 is 0 Å². The zero-order valence-electron chi connectivity index (χ0n) is 12.0. The third-order valence-corrected chi connectivity index (χ3v) is 3.14. The molecule has 0 unspecified atom stereocenters. The van der Waals surface area contributed by atoms with Crippen molar-refractivity contribution in [2.75, 3.05) is 6.54 Å². The summed E-state index contributed by atoms with van der Waals surface area (Å²) in [5.41, 5.74) is 0. The first-order chi connectivity index (χ1) is 9.16. The highest BCUT2D eigenvalue weighted by atomic mass is 15.1. The summed E-state index contributed by atoms with van der Waals surface area (Å²) in [7, 11) is 0. The topological polar surface area (TPSA) is 47.7 Å². The highest BCUT2D eigenvalue weighted by Gasteiger charge is 2.04. The fourth-order valence-corrected chi connectivity index (χ4v) is 2.04. The Bertz CT molecular complexity index is 497. The number of nitrogens with zero attached hydrogens (tertiary/aromatic N) is 4. The van der Waals surface area contributed by atoms with Gasteiger partial charge in [0.1, 0.15) is 11.6 Å². The first-order valence-electron chi connectivity index (χ1n) is 6.85. The zero-order valence-corrected chi connectivity index (χ0v) is 12.0. The average molecular weight is 261 g/mol. The van der Waals surface area contributed by atoms with Gasteiger partial charge in [0.25, 0.3) is 0 Å². The number of imidazole rings is 2. The monoisotopic (exact) mass is 261 g/mol. The van der Waals surface area contributed by atoms with Gasteiger partial charge in [0.05, 0.1) is 6.54 Å². The molecule has 0 radical (unpaired) electrons. The van der Waals surface area contributed by atoms with E-state index in [0.29, 0.717) is 5.92 Å². The fraction of sp³-hybridized carbons (Fsp3) is 0.571. The zero-order chi connectivity index (χ0) is 13.7. The minimum atomic E-state index is 0.664. The molecule has 0 aromatic carbocycles. The second-order valence-electron chi connectivity index (χ2n) is 5.23. The standard InChI is InChI=1S/C14H23N5/c1-12(2)10-15-11-14-17-5-7-19(14)9-8-18-6-4-16-13(18)3/h4-7,12,15H,8-11H2,1-3H3. The lowest BCUT2D eigenvalue weighted by Gasteiger charge is -2.11. The van der Waals surface area contributed by atoms with Gasteiger partial charge in [-0.1, -0.05) is 13.8 Å². The molecule has 0 saturated carbocycles. The van der Waals surface area contributed by atoms with Gasteiger partial charge in [-0.2, -0.15) is 0 Å². The molecule has 104 valence electrons. The molecule has 1 N–H and O–H groups in total. The van der Waals surface area contributed by atoms with Crippen LogP contribution in [0.15, 0.2) is 24.8 Å². The van der Waals surface area contributed by atoms with E-state index in [1.165, 1.54) is 0 Å². The van der Waals surface area contributed by atoms with Gasteiger partial charge in [0.15, 0.2) is 0 Å². The molecule has 0 spiro atoms. The SMILES string of the molecule is Cc1nccn1CCn1ccnc1CNCC(C)C. The van der Waals surface area contributed by atoms with Crippen LogP contribution in [-0.4, -0.2) is 25.6 Å². The van der Waals surface area contributed by atoms with Gasteiger partial charge in [0, 0.05) is 37.9 Å². The van der Waals surface area contributed by atoms with Crippen LogP contribution in [0.25, 0.3) is 0 Å². The minimum absolute atomic E-state index is 0.664. The molecule has 2 rings (SSSR count). The van der Waals surface area contributed by atoms with Crippen LogP contribution in [0.3, 0.4) is 0 Å². The molecule has 19 heavy (non-hydrogen) atoms. The van der Waals surface area contributed by atoms with E-state index in [4.69, 9.17) is 0 Å². The second-order valence-corrected chi connectivity index (χ2v) is 5.23. The van der Waals surface area contributed by atoms with Crippen LogP contribution >= 0.6 is 0 Å². The normalized spacial score (nSPS) is 11.4. The quantitative estimate of drug-likeness (QED) is 0.827. The fourth-order valence-electron chi connectivity index (χ4n) is 2.04. The van der Waals surface area contributed by atoms with Gasteiger partial charge in [-0.15, -0.1) is 0 Å². The van der Waals surface area contributed by atoms with Crippen molar-refractivity contribution >= 4 is 0 Å². The van der Waals surface area contributed by atoms with Crippen molar-refractivity contribution in [3.8, 4) is 0 Å². The predicted molar refractivity (Wildman–Crippen MR) is 75.7 cm³/mol. The molecule has 2 aromatic heterocycles. The van der Waals surface area contributed by atoms with Crippen LogP contribution < -0.4 is 5.32 Å². The minimum Gasteiger partial charge on any atom is -0.333 e. The number of nitrogens with one attached hydrogen (secondary N) is 1. The van der Waals surface area contributed by atoms with E-state index < -0.39 is 0 Å². The molecule has 0 atom stereocenters. The van der Waals surface area contributed by atoms with Crippen molar-refractivity contribution < 1.29 is 0 Å². The summed E-state index contributed by atoms with van der Waals surface area (Å²) in [6.45, 7) is 10.2. The Kier molecular flexibility index (Phi) is 4.74. The lowest BCUT2D eigenvalue weighted by Crippen LogP contribution is -2.22. The number of aryl methyl sites for hydroxylation is 3. The van der Waals surface area contributed by atoms with Gasteiger partial charge in [0.2, 0.25) is 0 Å².